The van der Waals surface area contributed by atoms with E-state index in [1.807, 2.05) is 25.1 Å². The van der Waals surface area contributed by atoms with Gasteiger partial charge in [-0.25, -0.2) is 0 Å². The van der Waals surface area contributed by atoms with Crippen molar-refractivity contribution in [1.82, 2.24) is 4.90 Å². The van der Waals surface area contributed by atoms with E-state index in [4.69, 9.17) is 10.5 Å². The molecule has 1 aromatic carbocycles. The molecule has 0 radical (unpaired) electrons. The summed E-state index contributed by atoms with van der Waals surface area (Å²) in [5.41, 5.74) is 1.42. The number of aryl methyl sites for hydroxylation is 1. The highest BCUT2D eigenvalue weighted by Gasteiger charge is 2.15. The Balaban J connectivity index is 3.02. The molecule has 0 aliphatic carbocycles. The second kappa shape index (κ2) is 6.03. The standard InChI is InChI=1S/C12H10BrN3O/c1-9-6-10(8-11(13)7-9)12(17)16(4-2-14)5-3-15/h6-8H,4-5H2,1H3. The van der Waals surface area contributed by atoms with Crippen molar-refractivity contribution < 1.29 is 4.79 Å². The van der Waals surface area contributed by atoms with Gasteiger partial charge in [0.25, 0.3) is 5.91 Å². The van der Waals surface area contributed by atoms with Crippen LogP contribution in [-0.4, -0.2) is 23.9 Å². The number of halogens is 1. The smallest absolute Gasteiger partial charge is 0.255 e. The van der Waals surface area contributed by atoms with Gasteiger partial charge < -0.3 is 4.90 Å². The van der Waals surface area contributed by atoms with Crippen LogP contribution in [0.1, 0.15) is 15.9 Å². The summed E-state index contributed by atoms with van der Waals surface area (Å²) in [5, 5.41) is 17.2. The minimum absolute atomic E-state index is 0.0854. The third-order valence-electron chi connectivity index (χ3n) is 2.10. The van der Waals surface area contributed by atoms with Crippen molar-refractivity contribution in [3.8, 4) is 12.1 Å². The van der Waals surface area contributed by atoms with Gasteiger partial charge in [0.05, 0.1) is 12.1 Å². The molecule has 0 heterocycles. The van der Waals surface area contributed by atoms with Crippen LogP contribution >= 0.6 is 15.9 Å². The maximum Gasteiger partial charge on any atom is 0.255 e. The van der Waals surface area contributed by atoms with E-state index in [2.05, 4.69) is 15.9 Å². The molecule has 86 valence electrons. The molecular formula is C12H10BrN3O. The number of rotatable bonds is 3. The van der Waals surface area contributed by atoms with Crippen molar-refractivity contribution in [3.05, 3.63) is 33.8 Å². The third kappa shape index (κ3) is 3.58. The zero-order chi connectivity index (χ0) is 12.8. The number of hydrogen-bond acceptors (Lipinski definition) is 3. The largest absolute Gasteiger partial charge is 0.312 e. The molecule has 0 aliphatic heterocycles. The lowest BCUT2D eigenvalue weighted by molar-refractivity contribution is 0.0794. The molecule has 0 aromatic heterocycles. The van der Waals surface area contributed by atoms with E-state index in [1.165, 1.54) is 4.90 Å². The Morgan fingerprint density at radius 1 is 1.29 bits per heavy atom. The summed E-state index contributed by atoms with van der Waals surface area (Å²) in [7, 11) is 0. The van der Waals surface area contributed by atoms with Gasteiger partial charge in [0, 0.05) is 10.0 Å². The molecule has 0 spiro atoms. The van der Waals surface area contributed by atoms with Crippen LogP contribution in [-0.2, 0) is 0 Å². The summed E-state index contributed by atoms with van der Waals surface area (Å²) in [4.78, 5) is 13.2. The predicted octanol–water partition coefficient (Wildman–Crippen LogP) is 2.25. The molecule has 1 aromatic rings. The maximum absolute atomic E-state index is 12.0. The number of nitrogens with zero attached hydrogens (tertiary/aromatic N) is 3. The molecule has 1 rings (SSSR count). The first kappa shape index (κ1) is 13.2. The monoisotopic (exact) mass is 291 g/mol. The fraction of sp³-hybridized carbons (Fsp3) is 0.250. The maximum atomic E-state index is 12.0. The van der Waals surface area contributed by atoms with E-state index >= 15 is 0 Å². The lowest BCUT2D eigenvalue weighted by atomic mass is 10.1. The van der Waals surface area contributed by atoms with E-state index in [0.717, 1.165) is 10.0 Å². The van der Waals surface area contributed by atoms with Gasteiger partial charge in [0.2, 0.25) is 0 Å². The highest BCUT2D eigenvalue weighted by atomic mass is 79.9. The van der Waals surface area contributed by atoms with Gasteiger partial charge in [-0.2, -0.15) is 10.5 Å². The topological polar surface area (TPSA) is 67.9 Å². The van der Waals surface area contributed by atoms with Gasteiger partial charge in [-0.15, -0.1) is 0 Å². The Bertz CT molecular complexity index is 477. The highest BCUT2D eigenvalue weighted by molar-refractivity contribution is 9.10. The van der Waals surface area contributed by atoms with Gasteiger partial charge in [0.1, 0.15) is 13.1 Å². The molecule has 0 atom stereocenters. The van der Waals surface area contributed by atoms with Crippen molar-refractivity contribution in [2.75, 3.05) is 13.1 Å². The summed E-state index contributed by atoms with van der Waals surface area (Å²) < 4.78 is 0.801. The number of hydrogen-bond donors (Lipinski definition) is 0. The average Bonchev–Trinajstić information content (AvgIpc) is 2.26. The Labute approximate surface area is 108 Å². The Morgan fingerprint density at radius 2 is 1.88 bits per heavy atom. The van der Waals surface area contributed by atoms with Crippen LogP contribution < -0.4 is 0 Å². The summed E-state index contributed by atoms with van der Waals surface area (Å²) in [6, 6.07) is 9.04. The zero-order valence-corrected chi connectivity index (χ0v) is 10.9. The van der Waals surface area contributed by atoms with E-state index < -0.39 is 0 Å². The molecule has 0 saturated heterocycles. The fourth-order valence-electron chi connectivity index (χ4n) is 1.41. The number of nitriles is 2. The van der Waals surface area contributed by atoms with Gasteiger partial charge in [-0.1, -0.05) is 15.9 Å². The number of carbonyl (C=O) groups is 1. The number of carbonyl (C=O) groups excluding carboxylic acids is 1. The quantitative estimate of drug-likeness (QED) is 0.802. The molecular weight excluding hydrogens is 282 g/mol. The molecule has 0 saturated carbocycles. The predicted molar refractivity (Wildman–Crippen MR) is 66.0 cm³/mol. The summed E-state index contributed by atoms with van der Waals surface area (Å²) in [6.45, 7) is 1.70. The molecule has 5 heteroatoms. The van der Waals surface area contributed by atoms with E-state index in [-0.39, 0.29) is 19.0 Å². The minimum Gasteiger partial charge on any atom is -0.312 e. The molecule has 1 amide bonds. The summed E-state index contributed by atoms with van der Waals surface area (Å²) in [6.07, 6.45) is 0. The summed E-state index contributed by atoms with van der Waals surface area (Å²) in [5.74, 6) is -0.308. The van der Waals surface area contributed by atoms with Gasteiger partial charge in [-0.05, 0) is 30.7 Å². The average molecular weight is 292 g/mol. The third-order valence-corrected chi connectivity index (χ3v) is 2.56. The number of benzene rings is 1. The normalized spacial score (nSPS) is 9.18. The second-order valence-electron chi connectivity index (χ2n) is 3.49. The van der Waals surface area contributed by atoms with Crippen molar-refractivity contribution in [3.63, 3.8) is 0 Å². The van der Waals surface area contributed by atoms with Crippen molar-refractivity contribution in [2.45, 2.75) is 6.92 Å². The fourth-order valence-corrected chi connectivity index (χ4v) is 2.02. The van der Waals surface area contributed by atoms with E-state index in [9.17, 15) is 4.79 Å². The SMILES string of the molecule is Cc1cc(Br)cc(C(=O)N(CC#N)CC#N)c1. The van der Waals surface area contributed by atoms with E-state index in [0.29, 0.717) is 5.56 Å². The van der Waals surface area contributed by atoms with Crippen molar-refractivity contribution >= 4 is 21.8 Å². The van der Waals surface area contributed by atoms with Crippen LogP contribution in [0, 0.1) is 29.6 Å². The van der Waals surface area contributed by atoms with Crippen LogP contribution in [0.25, 0.3) is 0 Å². The molecule has 0 N–H and O–H groups in total. The molecule has 17 heavy (non-hydrogen) atoms. The van der Waals surface area contributed by atoms with Crippen LogP contribution in [0.3, 0.4) is 0 Å². The van der Waals surface area contributed by atoms with Crippen molar-refractivity contribution in [1.29, 1.82) is 10.5 Å². The molecule has 0 fully saturated rings. The van der Waals surface area contributed by atoms with E-state index in [1.54, 1.807) is 12.1 Å². The van der Waals surface area contributed by atoms with Crippen molar-refractivity contribution in [2.24, 2.45) is 0 Å². The molecule has 0 aliphatic rings. The molecule has 0 unspecified atom stereocenters. The van der Waals surface area contributed by atoms with Crippen LogP contribution in [0.4, 0.5) is 0 Å². The first-order valence-electron chi connectivity index (χ1n) is 4.89. The summed E-state index contributed by atoms with van der Waals surface area (Å²) >= 11 is 3.31. The molecule has 4 nitrogen and oxygen atoms in total. The Hall–Kier alpha value is -1.85. The van der Waals surface area contributed by atoms with Crippen LogP contribution in [0.2, 0.25) is 0 Å². The van der Waals surface area contributed by atoms with Gasteiger partial charge >= 0.3 is 0 Å². The second-order valence-corrected chi connectivity index (χ2v) is 4.41. The lowest BCUT2D eigenvalue weighted by Crippen LogP contribution is -2.31. The number of amides is 1. The minimum atomic E-state index is -0.308. The highest BCUT2D eigenvalue weighted by Crippen LogP contribution is 2.16. The first-order valence-corrected chi connectivity index (χ1v) is 5.68. The van der Waals surface area contributed by atoms with Gasteiger partial charge in [0.15, 0.2) is 0 Å². The Morgan fingerprint density at radius 3 is 2.35 bits per heavy atom. The lowest BCUT2D eigenvalue weighted by Gasteiger charge is -2.16. The van der Waals surface area contributed by atoms with Gasteiger partial charge in [-0.3, -0.25) is 4.79 Å². The first-order chi connectivity index (χ1) is 8.08. The van der Waals surface area contributed by atoms with Crippen LogP contribution in [0.15, 0.2) is 22.7 Å². The zero-order valence-electron chi connectivity index (χ0n) is 9.27. The Kier molecular flexibility index (Phi) is 4.68. The molecule has 0 bridgehead atoms. The van der Waals surface area contributed by atoms with Crippen LogP contribution in [0.5, 0.6) is 0 Å².